The summed E-state index contributed by atoms with van der Waals surface area (Å²) in [5.41, 5.74) is 7.47. The Kier molecular flexibility index (Phi) is 5.96. The van der Waals surface area contributed by atoms with Gasteiger partial charge in [-0.1, -0.05) is 19.9 Å². The lowest BCUT2D eigenvalue weighted by Gasteiger charge is -2.31. The summed E-state index contributed by atoms with van der Waals surface area (Å²) >= 11 is 0. The maximum atomic E-state index is 9.16. The number of aliphatic hydroxyl groups excluding tert-OH is 1. The SMILES string of the molecule is CCCOc1cccc(NC(C)(CC)CCO)c1N. The smallest absolute Gasteiger partial charge is 0.144 e. The Labute approximate surface area is 116 Å². The molecule has 0 heterocycles. The van der Waals surface area contributed by atoms with Gasteiger partial charge in [-0.05, 0) is 38.3 Å². The number of hydrogen-bond acceptors (Lipinski definition) is 4. The topological polar surface area (TPSA) is 67.5 Å². The maximum absolute atomic E-state index is 9.16. The van der Waals surface area contributed by atoms with E-state index in [1.165, 1.54) is 0 Å². The zero-order valence-electron chi connectivity index (χ0n) is 12.2. The summed E-state index contributed by atoms with van der Waals surface area (Å²) < 4.78 is 5.62. The van der Waals surface area contributed by atoms with Crippen molar-refractivity contribution >= 4 is 11.4 Å². The van der Waals surface area contributed by atoms with Gasteiger partial charge in [0.1, 0.15) is 5.75 Å². The molecule has 0 amide bonds. The van der Waals surface area contributed by atoms with Crippen LogP contribution in [0.5, 0.6) is 5.75 Å². The average molecular weight is 266 g/mol. The molecule has 4 heteroatoms. The van der Waals surface area contributed by atoms with Gasteiger partial charge >= 0.3 is 0 Å². The molecule has 1 aromatic carbocycles. The van der Waals surface area contributed by atoms with Crippen molar-refractivity contribution in [2.45, 2.75) is 45.6 Å². The fourth-order valence-corrected chi connectivity index (χ4v) is 1.89. The Morgan fingerprint density at radius 3 is 2.68 bits per heavy atom. The molecule has 0 aliphatic rings. The molecule has 1 aromatic rings. The number of anilines is 2. The van der Waals surface area contributed by atoms with E-state index in [-0.39, 0.29) is 12.1 Å². The highest BCUT2D eigenvalue weighted by Gasteiger charge is 2.22. The van der Waals surface area contributed by atoms with Crippen molar-refractivity contribution < 1.29 is 9.84 Å². The third-order valence-corrected chi connectivity index (χ3v) is 3.41. The van der Waals surface area contributed by atoms with E-state index in [0.29, 0.717) is 24.5 Å². The minimum atomic E-state index is -0.160. The number of aliphatic hydroxyl groups is 1. The van der Waals surface area contributed by atoms with Crippen LogP contribution >= 0.6 is 0 Å². The third kappa shape index (κ3) is 4.31. The van der Waals surface area contributed by atoms with E-state index in [9.17, 15) is 0 Å². The van der Waals surface area contributed by atoms with Gasteiger partial charge in [-0.2, -0.15) is 0 Å². The summed E-state index contributed by atoms with van der Waals surface area (Å²) in [5, 5.41) is 12.6. The molecule has 0 aliphatic carbocycles. The van der Waals surface area contributed by atoms with Gasteiger partial charge in [0.25, 0.3) is 0 Å². The minimum absolute atomic E-state index is 0.156. The van der Waals surface area contributed by atoms with E-state index in [4.69, 9.17) is 15.6 Å². The number of ether oxygens (including phenoxy) is 1. The third-order valence-electron chi connectivity index (χ3n) is 3.41. The monoisotopic (exact) mass is 266 g/mol. The van der Waals surface area contributed by atoms with Crippen molar-refractivity contribution in [3.63, 3.8) is 0 Å². The number of nitrogens with two attached hydrogens (primary N) is 1. The van der Waals surface area contributed by atoms with E-state index in [2.05, 4.69) is 26.1 Å². The summed E-state index contributed by atoms with van der Waals surface area (Å²) in [5.74, 6) is 0.717. The molecule has 4 nitrogen and oxygen atoms in total. The van der Waals surface area contributed by atoms with Gasteiger partial charge in [-0.15, -0.1) is 0 Å². The van der Waals surface area contributed by atoms with Crippen molar-refractivity contribution in [3.8, 4) is 5.75 Å². The Hall–Kier alpha value is -1.42. The molecular weight excluding hydrogens is 240 g/mol. The second-order valence-electron chi connectivity index (χ2n) is 5.08. The highest BCUT2D eigenvalue weighted by molar-refractivity contribution is 5.73. The number of benzene rings is 1. The van der Waals surface area contributed by atoms with Crippen molar-refractivity contribution in [3.05, 3.63) is 18.2 Å². The second-order valence-corrected chi connectivity index (χ2v) is 5.08. The fourth-order valence-electron chi connectivity index (χ4n) is 1.89. The normalized spacial score (nSPS) is 13.9. The molecule has 0 spiro atoms. The number of nitrogens with one attached hydrogen (secondary N) is 1. The van der Waals surface area contributed by atoms with Gasteiger partial charge in [0, 0.05) is 12.1 Å². The van der Waals surface area contributed by atoms with Crippen LogP contribution in [0.2, 0.25) is 0 Å². The predicted octanol–water partition coefficient (Wildman–Crippen LogP) is 3.02. The van der Waals surface area contributed by atoms with Crippen LogP contribution in [-0.2, 0) is 0 Å². The van der Waals surface area contributed by atoms with E-state index in [0.717, 1.165) is 18.5 Å². The molecule has 19 heavy (non-hydrogen) atoms. The van der Waals surface area contributed by atoms with Gasteiger partial charge in [0.15, 0.2) is 0 Å². The van der Waals surface area contributed by atoms with Crippen LogP contribution in [0.4, 0.5) is 11.4 Å². The molecule has 1 atom stereocenters. The maximum Gasteiger partial charge on any atom is 0.144 e. The van der Waals surface area contributed by atoms with Crippen LogP contribution in [0.3, 0.4) is 0 Å². The summed E-state index contributed by atoms with van der Waals surface area (Å²) in [4.78, 5) is 0. The van der Waals surface area contributed by atoms with E-state index >= 15 is 0 Å². The van der Waals surface area contributed by atoms with E-state index in [1.807, 2.05) is 18.2 Å². The first-order chi connectivity index (χ1) is 9.06. The Balaban J connectivity index is 2.88. The molecule has 0 bridgehead atoms. The summed E-state index contributed by atoms with van der Waals surface area (Å²) in [6, 6.07) is 5.75. The van der Waals surface area contributed by atoms with Gasteiger partial charge in [-0.3, -0.25) is 0 Å². The number of hydrogen-bond donors (Lipinski definition) is 3. The first kappa shape index (κ1) is 15.6. The number of nitrogen functional groups attached to an aromatic ring is 1. The zero-order valence-corrected chi connectivity index (χ0v) is 12.2. The van der Waals surface area contributed by atoms with E-state index < -0.39 is 0 Å². The van der Waals surface area contributed by atoms with Crippen molar-refractivity contribution in [1.82, 2.24) is 0 Å². The van der Waals surface area contributed by atoms with Crippen LogP contribution in [0.15, 0.2) is 18.2 Å². The van der Waals surface area contributed by atoms with Crippen LogP contribution in [-0.4, -0.2) is 23.9 Å². The van der Waals surface area contributed by atoms with Crippen LogP contribution in [0, 0.1) is 0 Å². The number of para-hydroxylation sites is 1. The standard InChI is InChI=1S/C15H26N2O2/c1-4-11-19-13-8-6-7-12(14(13)16)17-15(3,5-2)9-10-18/h6-8,17-18H,4-5,9-11,16H2,1-3H3. The lowest BCUT2D eigenvalue weighted by atomic mass is 9.94. The molecule has 0 saturated heterocycles. The lowest BCUT2D eigenvalue weighted by Crippen LogP contribution is -2.35. The predicted molar refractivity (Wildman–Crippen MR) is 80.7 cm³/mol. The second kappa shape index (κ2) is 7.24. The van der Waals surface area contributed by atoms with Crippen molar-refractivity contribution in [1.29, 1.82) is 0 Å². The van der Waals surface area contributed by atoms with Gasteiger partial charge in [0.2, 0.25) is 0 Å². The first-order valence-electron chi connectivity index (χ1n) is 6.96. The molecule has 108 valence electrons. The van der Waals surface area contributed by atoms with Crippen LogP contribution < -0.4 is 15.8 Å². The lowest BCUT2D eigenvalue weighted by molar-refractivity contribution is 0.252. The van der Waals surface area contributed by atoms with Gasteiger partial charge in [0.05, 0.1) is 18.0 Å². The zero-order chi connectivity index (χ0) is 14.3. The Morgan fingerprint density at radius 2 is 2.11 bits per heavy atom. The number of rotatable bonds is 8. The summed E-state index contributed by atoms with van der Waals surface area (Å²) in [6.45, 7) is 7.06. The molecule has 1 rings (SSSR count). The molecule has 1 unspecified atom stereocenters. The molecule has 0 fully saturated rings. The van der Waals surface area contributed by atoms with Gasteiger partial charge in [-0.25, -0.2) is 0 Å². The van der Waals surface area contributed by atoms with E-state index in [1.54, 1.807) is 0 Å². The molecule has 0 aliphatic heterocycles. The Morgan fingerprint density at radius 1 is 1.37 bits per heavy atom. The summed E-state index contributed by atoms with van der Waals surface area (Å²) in [6.07, 6.45) is 2.55. The van der Waals surface area contributed by atoms with Crippen LogP contribution in [0.1, 0.15) is 40.0 Å². The highest BCUT2D eigenvalue weighted by atomic mass is 16.5. The quantitative estimate of drug-likeness (QED) is 0.633. The first-order valence-corrected chi connectivity index (χ1v) is 6.96. The van der Waals surface area contributed by atoms with Crippen LogP contribution in [0.25, 0.3) is 0 Å². The fraction of sp³-hybridized carbons (Fsp3) is 0.600. The average Bonchev–Trinajstić information content (AvgIpc) is 2.40. The molecular formula is C15H26N2O2. The largest absolute Gasteiger partial charge is 0.491 e. The molecule has 0 saturated carbocycles. The Bertz CT molecular complexity index is 396. The molecule has 4 N–H and O–H groups in total. The highest BCUT2D eigenvalue weighted by Crippen LogP contribution is 2.32. The minimum Gasteiger partial charge on any atom is -0.491 e. The van der Waals surface area contributed by atoms with Gasteiger partial charge < -0.3 is 20.9 Å². The van der Waals surface area contributed by atoms with Crippen molar-refractivity contribution in [2.75, 3.05) is 24.3 Å². The summed E-state index contributed by atoms with van der Waals surface area (Å²) in [7, 11) is 0. The van der Waals surface area contributed by atoms with Crippen molar-refractivity contribution in [2.24, 2.45) is 0 Å². The molecule has 0 radical (unpaired) electrons. The molecule has 0 aromatic heterocycles.